The van der Waals surface area contributed by atoms with Crippen molar-refractivity contribution in [3.63, 3.8) is 0 Å². The van der Waals surface area contributed by atoms with Gasteiger partial charge in [-0.25, -0.2) is 0 Å². The number of hydrogen-bond acceptors (Lipinski definition) is 4. The van der Waals surface area contributed by atoms with Crippen molar-refractivity contribution in [3.05, 3.63) is 76.6 Å². The average molecular weight is 458 g/mol. The number of aliphatic hydroxyl groups excluding tert-OH is 1. The molecule has 1 unspecified atom stereocenters. The molecule has 0 saturated carbocycles. The molecule has 0 radical (unpaired) electrons. The number of imide groups is 1. The van der Waals surface area contributed by atoms with Crippen LogP contribution < -0.4 is 0 Å². The summed E-state index contributed by atoms with van der Waals surface area (Å²) in [4.78, 5) is 34.1. The summed E-state index contributed by atoms with van der Waals surface area (Å²) in [5.41, 5.74) is 6.16. The van der Waals surface area contributed by atoms with Gasteiger partial charge in [-0.1, -0.05) is 36.4 Å². The van der Waals surface area contributed by atoms with Crippen molar-refractivity contribution in [2.24, 2.45) is 5.92 Å². The number of fused-ring (bicyclic) bond motifs is 1. The van der Waals surface area contributed by atoms with Crippen molar-refractivity contribution in [1.82, 2.24) is 14.8 Å². The van der Waals surface area contributed by atoms with Gasteiger partial charge in [0.2, 0.25) is 0 Å². The monoisotopic (exact) mass is 457 g/mol. The predicted octanol–water partition coefficient (Wildman–Crippen LogP) is 3.81. The quantitative estimate of drug-likeness (QED) is 0.552. The van der Waals surface area contributed by atoms with E-state index in [1.807, 2.05) is 61.3 Å². The Morgan fingerprint density at radius 3 is 2.68 bits per heavy atom. The minimum absolute atomic E-state index is 0.0924. The first-order valence-corrected chi connectivity index (χ1v) is 12.1. The van der Waals surface area contributed by atoms with Crippen molar-refractivity contribution in [2.45, 2.75) is 33.1 Å². The van der Waals surface area contributed by atoms with Crippen LogP contribution >= 0.6 is 0 Å². The lowest BCUT2D eigenvalue weighted by Crippen LogP contribution is -2.41. The second-order valence-corrected chi connectivity index (χ2v) is 9.53. The summed E-state index contributed by atoms with van der Waals surface area (Å²) in [7, 11) is 0. The van der Waals surface area contributed by atoms with Crippen LogP contribution in [-0.2, 0) is 16.0 Å². The van der Waals surface area contributed by atoms with Crippen LogP contribution in [0.15, 0.2) is 54.4 Å². The van der Waals surface area contributed by atoms with E-state index in [2.05, 4.69) is 11.1 Å². The topological polar surface area (TPSA) is 76.6 Å². The van der Waals surface area contributed by atoms with Gasteiger partial charge >= 0.3 is 0 Å². The Kier molecular flexibility index (Phi) is 6.00. The number of piperidine rings is 1. The lowest BCUT2D eigenvalue weighted by Gasteiger charge is -2.34. The Morgan fingerprint density at radius 1 is 1.06 bits per heavy atom. The minimum atomic E-state index is -0.228. The lowest BCUT2D eigenvalue weighted by atomic mass is 9.96. The van der Waals surface area contributed by atoms with Crippen molar-refractivity contribution in [3.8, 4) is 0 Å². The largest absolute Gasteiger partial charge is 0.396 e. The van der Waals surface area contributed by atoms with E-state index in [9.17, 15) is 14.7 Å². The van der Waals surface area contributed by atoms with Crippen molar-refractivity contribution in [2.75, 3.05) is 26.2 Å². The highest BCUT2D eigenvalue weighted by atomic mass is 16.3. The molecule has 0 aliphatic carbocycles. The van der Waals surface area contributed by atoms with Crippen LogP contribution in [0.4, 0.5) is 0 Å². The van der Waals surface area contributed by atoms with E-state index in [1.165, 1.54) is 4.90 Å². The third-order valence-corrected chi connectivity index (χ3v) is 7.31. The standard InChI is InChI=1S/C28H31N3O3/c1-18-9-10-21(14-19(18)2)25-26(30-12-5-6-20(16-30)17-32)28(34)31(27(25)33)13-11-22-15-29-24-8-4-3-7-23(22)24/h3-4,7-10,14-15,20,29,32H,5-6,11-13,16-17H2,1-2H3. The number of nitrogens with zero attached hydrogens (tertiary/aromatic N) is 2. The van der Waals surface area contributed by atoms with E-state index in [-0.39, 0.29) is 24.3 Å². The molecule has 2 aliphatic rings. The van der Waals surface area contributed by atoms with Crippen LogP contribution in [-0.4, -0.2) is 57.9 Å². The van der Waals surface area contributed by atoms with Gasteiger partial charge in [0.1, 0.15) is 5.70 Å². The molecule has 2 aromatic carbocycles. The van der Waals surface area contributed by atoms with Gasteiger partial charge in [0, 0.05) is 43.3 Å². The number of aromatic nitrogens is 1. The first-order chi connectivity index (χ1) is 16.5. The van der Waals surface area contributed by atoms with Gasteiger partial charge in [0.15, 0.2) is 0 Å². The first kappa shape index (κ1) is 22.4. The number of amides is 2. The van der Waals surface area contributed by atoms with E-state index in [0.717, 1.165) is 52.5 Å². The maximum atomic E-state index is 13.7. The van der Waals surface area contributed by atoms with Gasteiger partial charge < -0.3 is 15.0 Å². The molecule has 1 atom stereocenters. The molecular weight excluding hydrogens is 426 g/mol. The van der Waals surface area contributed by atoms with Gasteiger partial charge in [-0.05, 0) is 67.3 Å². The van der Waals surface area contributed by atoms with Crippen LogP contribution in [0.1, 0.15) is 35.1 Å². The Morgan fingerprint density at radius 2 is 1.88 bits per heavy atom. The highest BCUT2D eigenvalue weighted by molar-refractivity contribution is 6.35. The molecule has 2 N–H and O–H groups in total. The maximum absolute atomic E-state index is 13.7. The minimum Gasteiger partial charge on any atom is -0.396 e. The molecule has 5 rings (SSSR count). The van der Waals surface area contributed by atoms with Gasteiger partial charge in [0.25, 0.3) is 11.8 Å². The van der Waals surface area contributed by atoms with Gasteiger partial charge in [0.05, 0.1) is 5.57 Å². The molecule has 34 heavy (non-hydrogen) atoms. The zero-order valence-electron chi connectivity index (χ0n) is 19.8. The second kappa shape index (κ2) is 9.11. The number of carbonyl (C=O) groups excluding carboxylic acids is 2. The molecule has 1 saturated heterocycles. The number of para-hydroxylation sites is 1. The fraction of sp³-hybridized carbons (Fsp3) is 0.357. The Balaban J connectivity index is 1.48. The summed E-state index contributed by atoms with van der Waals surface area (Å²) in [5.74, 6) is -0.337. The third-order valence-electron chi connectivity index (χ3n) is 7.31. The molecule has 6 heteroatoms. The zero-order valence-corrected chi connectivity index (χ0v) is 19.8. The average Bonchev–Trinajstić information content (AvgIpc) is 3.37. The molecule has 2 amide bonds. The van der Waals surface area contributed by atoms with E-state index in [0.29, 0.717) is 30.8 Å². The summed E-state index contributed by atoms with van der Waals surface area (Å²) in [5, 5.41) is 10.9. The summed E-state index contributed by atoms with van der Waals surface area (Å²) < 4.78 is 0. The Hall–Kier alpha value is -3.38. The van der Waals surface area contributed by atoms with E-state index >= 15 is 0 Å². The number of likely N-dealkylation sites (tertiary alicyclic amines) is 1. The van der Waals surface area contributed by atoms with Crippen molar-refractivity contribution >= 4 is 28.3 Å². The molecule has 0 spiro atoms. The molecule has 3 aromatic rings. The number of carbonyl (C=O) groups is 2. The van der Waals surface area contributed by atoms with Gasteiger partial charge in [-0.3, -0.25) is 14.5 Å². The lowest BCUT2D eigenvalue weighted by molar-refractivity contribution is -0.137. The van der Waals surface area contributed by atoms with Crippen LogP contribution in [0.2, 0.25) is 0 Å². The van der Waals surface area contributed by atoms with Crippen molar-refractivity contribution < 1.29 is 14.7 Å². The zero-order chi connectivity index (χ0) is 23.8. The van der Waals surface area contributed by atoms with Crippen molar-refractivity contribution in [1.29, 1.82) is 0 Å². The molecule has 1 aromatic heterocycles. The highest BCUT2D eigenvalue weighted by Crippen LogP contribution is 2.35. The van der Waals surface area contributed by atoms with Crippen LogP contribution in [0.5, 0.6) is 0 Å². The highest BCUT2D eigenvalue weighted by Gasteiger charge is 2.42. The molecular formula is C28H31N3O3. The fourth-order valence-corrected chi connectivity index (χ4v) is 5.20. The number of nitrogens with one attached hydrogen (secondary N) is 1. The fourth-order valence-electron chi connectivity index (χ4n) is 5.20. The number of aryl methyl sites for hydroxylation is 2. The maximum Gasteiger partial charge on any atom is 0.277 e. The third kappa shape index (κ3) is 3.92. The Bertz CT molecular complexity index is 1290. The SMILES string of the molecule is Cc1ccc(C2=C(N3CCCC(CO)C3)C(=O)N(CCc3c[nH]c4ccccc34)C2=O)cc1C. The number of H-pyrrole nitrogens is 1. The molecule has 2 aliphatic heterocycles. The number of aliphatic hydroxyl groups is 1. The van der Waals surface area contributed by atoms with Gasteiger partial charge in [-0.15, -0.1) is 0 Å². The molecule has 3 heterocycles. The predicted molar refractivity (Wildman–Crippen MR) is 133 cm³/mol. The smallest absolute Gasteiger partial charge is 0.277 e. The first-order valence-electron chi connectivity index (χ1n) is 12.1. The molecule has 176 valence electrons. The Labute approximate surface area is 199 Å². The summed E-state index contributed by atoms with van der Waals surface area (Å²) >= 11 is 0. The number of hydrogen-bond donors (Lipinski definition) is 2. The van der Waals surface area contributed by atoms with E-state index < -0.39 is 0 Å². The van der Waals surface area contributed by atoms with Crippen LogP contribution in [0, 0.1) is 19.8 Å². The van der Waals surface area contributed by atoms with Gasteiger partial charge in [-0.2, -0.15) is 0 Å². The molecule has 1 fully saturated rings. The van der Waals surface area contributed by atoms with Crippen LogP contribution in [0.3, 0.4) is 0 Å². The summed E-state index contributed by atoms with van der Waals surface area (Å²) in [6.07, 6.45) is 4.39. The number of aromatic amines is 1. The van der Waals surface area contributed by atoms with E-state index in [4.69, 9.17) is 0 Å². The van der Waals surface area contributed by atoms with E-state index in [1.54, 1.807) is 0 Å². The summed E-state index contributed by atoms with van der Waals surface area (Å²) in [6, 6.07) is 14.0. The summed E-state index contributed by atoms with van der Waals surface area (Å²) in [6.45, 7) is 5.80. The molecule has 6 nitrogen and oxygen atoms in total. The number of benzene rings is 2. The number of rotatable bonds is 6. The second-order valence-electron chi connectivity index (χ2n) is 9.53. The normalized spacial score (nSPS) is 19.1. The van der Waals surface area contributed by atoms with Crippen LogP contribution in [0.25, 0.3) is 16.5 Å². The molecule has 0 bridgehead atoms.